The summed E-state index contributed by atoms with van der Waals surface area (Å²) in [5.74, 6) is 1.75. The van der Waals surface area contributed by atoms with Crippen LogP contribution in [0.1, 0.15) is 59.1 Å². The molecule has 1 unspecified atom stereocenters. The molecule has 0 spiro atoms. The molecule has 0 aliphatic carbocycles. The normalized spacial score (nSPS) is 13.5. The zero-order valence-electron chi connectivity index (χ0n) is 14.9. The topological polar surface area (TPSA) is 21.3 Å². The molecule has 2 nitrogen and oxygen atoms in total. The Kier molecular flexibility index (Phi) is 6.73. The number of nitrogens with one attached hydrogen (secondary N) is 1. The smallest absolute Gasteiger partial charge is 0.122 e. The lowest BCUT2D eigenvalue weighted by atomic mass is 9.86. The van der Waals surface area contributed by atoms with Gasteiger partial charge in [-0.05, 0) is 55.3 Å². The van der Waals surface area contributed by atoms with Gasteiger partial charge in [0.05, 0.1) is 0 Å². The highest BCUT2D eigenvalue weighted by Gasteiger charge is 2.15. The zero-order valence-corrected chi connectivity index (χ0v) is 14.9. The van der Waals surface area contributed by atoms with Crippen LogP contribution in [0.15, 0.2) is 18.2 Å². The maximum Gasteiger partial charge on any atom is 0.122 e. The fraction of sp³-hybridized carbons (Fsp3) is 0.684. The maximum absolute atomic E-state index is 6.06. The summed E-state index contributed by atoms with van der Waals surface area (Å²) < 4.78 is 6.06. The highest BCUT2D eigenvalue weighted by atomic mass is 16.5. The van der Waals surface area contributed by atoms with E-state index < -0.39 is 0 Å². The molecule has 0 aliphatic heterocycles. The van der Waals surface area contributed by atoms with Crippen molar-refractivity contribution in [1.29, 1.82) is 0 Å². The molecule has 1 N–H and O–H groups in total. The third-order valence-electron chi connectivity index (χ3n) is 3.70. The Morgan fingerprint density at radius 3 is 2.33 bits per heavy atom. The molecule has 0 fully saturated rings. The van der Waals surface area contributed by atoms with E-state index in [-0.39, 0.29) is 11.5 Å². The third kappa shape index (κ3) is 6.52. The van der Waals surface area contributed by atoms with Gasteiger partial charge in [-0.1, -0.05) is 46.8 Å². The minimum atomic E-state index is 0.188. The number of rotatable bonds is 7. The molecule has 1 rings (SSSR count). The first kappa shape index (κ1) is 18.0. The van der Waals surface area contributed by atoms with Gasteiger partial charge in [-0.25, -0.2) is 0 Å². The van der Waals surface area contributed by atoms with Crippen molar-refractivity contribution in [1.82, 2.24) is 5.32 Å². The van der Waals surface area contributed by atoms with Gasteiger partial charge in [0.15, 0.2) is 0 Å². The zero-order chi connectivity index (χ0) is 16.0. The van der Waals surface area contributed by atoms with Crippen LogP contribution in [0.3, 0.4) is 0 Å². The first-order valence-corrected chi connectivity index (χ1v) is 8.18. The Labute approximate surface area is 131 Å². The van der Waals surface area contributed by atoms with Crippen molar-refractivity contribution in [2.45, 2.75) is 66.4 Å². The van der Waals surface area contributed by atoms with E-state index in [4.69, 9.17) is 4.74 Å². The highest BCUT2D eigenvalue weighted by Crippen LogP contribution is 2.27. The number of benzene rings is 1. The van der Waals surface area contributed by atoms with Crippen LogP contribution >= 0.6 is 0 Å². The Balaban J connectivity index is 2.51. The van der Waals surface area contributed by atoms with Gasteiger partial charge in [0.2, 0.25) is 0 Å². The molecule has 0 bridgehead atoms. The Bertz CT molecular complexity index is 432. The average Bonchev–Trinajstić information content (AvgIpc) is 2.35. The van der Waals surface area contributed by atoms with Gasteiger partial charge < -0.3 is 10.1 Å². The van der Waals surface area contributed by atoms with Gasteiger partial charge in [0.25, 0.3) is 0 Å². The van der Waals surface area contributed by atoms with E-state index in [1.54, 1.807) is 0 Å². The van der Waals surface area contributed by atoms with E-state index in [9.17, 15) is 0 Å². The first-order chi connectivity index (χ1) is 9.70. The van der Waals surface area contributed by atoms with Crippen LogP contribution in [0.5, 0.6) is 5.75 Å². The van der Waals surface area contributed by atoms with Crippen LogP contribution in [0, 0.1) is 12.8 Å². The molecule has 120 valence electrons. The van der Waals surface area contributed by atoms with Crippen molar-refractivity contribution in [2.75, 3.05) is 13.1 Å². The lowest BCUT2D eigenvalue weighted by molar-refractivity contribution is 0.215. The minimum Gasteiger partial charge on any atom is -0.489 e. The van der Waals surface area contributed by atoms with Gasteiger partial charge in [-0.15, -0.1) is 0 Å². The molecular formula is C19H33NO. The Hall–Kier alpha value is -1.02. The number of hydrogen-bond acceptors (Lipinski definition) is 2. The summed E-state index contributed by atoms with van der Waals surface area (Å²) in [6, 6.07) is 6.54. The molecule has 0 heterocycles. The molecule has 2 heteroatoms. The predicted molar refractivity (Wildman–Crippen MR) is 92.3 cm³/mol. The molecule has 0 saturated heterocycles. The van der Waals surface area contributed by atoms with E-state index in [2.05, 4.69) is 72.0 Å². The lowest BCUT2D eigenvalue weighted by Crippen LogP contribution is -2.30. The molecular weight excluding hydrogens is 258 g/mol. The molecule has 0 radical (unpaired) electrons. The van der Waals surface area contributed by atoms with Gasteiger partial charge in [-0.2, -0.15) is 0 Å². The fourth-order valence-electron chi connectivity index (χ4n) is 2.20. The van der Waals surface area contributed by atoms with E-state index in [1.807, 2.05) is 0 Å². The summed E-state index contributed by atoms with van der Waals surface area (Å²) in [6.07, 6.45) is 1.41. The molecule has 0 amide bonds. The average molecular weight is 291 g/mol. The summed E-state index contributed by atoms with van der Waals surface area (Å²) in [4.78, 5) is 0. The predicted octanol–water partition coefficient (Wildman–Crippen LogP) is 4.70. The molecule has 1 aromatic carbocycles. The fourth-order valence-corrected chi connectivity index (χ4v) is 2.20. The first-order valence-electron chi connectivity index (χ1n) is 8.18. The van der Waals surface area contributed by atoms with E-state index >= 15 is 0 Å². The summed E-state index contributed by atoms with van der Waals surface area (Å²) in [7, 11) is 0. The standard InChI is InChI=1S/C19H33NO/c1-14(2)10-11-20-13-16(4)21-18-9-8-17(12-15(18)3)19(5,6)7/h8-9,12,14,16,20H,10-11,13H2,1-7H3. The molecule has 1 aromatic rings. The van der Waals surface area contributed by atoms with Crippen LogP contribution in [0.4, 0.5) is 0 Å². The van der Waals surface area contributed by atoms with Crippen molar-refractivity contribution >= 4 is 0 Å². The summed E-state index contributed by atoms with van der Waals surface area (Å²) in [5.41, 5.74) is 2.76. The molecule has 0 aliphatic rings. The summed E-state index contributed by atoms with van der Waals surface area (Å²) >= 11 is 0. The summed E-state index contributed by atoms with van der Waals surface area (Å²) in [6.45, 7) is 17.4. The second kappa shape index (κ2) is 7.84. The summed E-state index contributed by atoms with van der Waals surface area (Å²) in [5, 5.41) is 3.47. The van der Waals surface area contributed by atoms with Gasteiger partial charge in [-0.3, -0.25) is 0 Å². The van der Waals surface area contributed by atoms with Crippen molar-refractivity contribution in [3.63, 3.8) is 0 Å². The SMILES string of the molecule is Cc1cc(C(C)(C)C)ccc1OC(C)CNCCC(C)C. The lowest BCUT2D eigenvalue weighted by Gasteiger charge is -2.22. The Morgan fingerprint density at radius 1 is 1.14 bits per heavy atom. The molecule has 1 atom stereocenters. The maximum atomic E-state index is 6.06. The highest BCUT2D eigenvalue weighted by molar-refractivity contribution is 5.38. The van der Waals surface area contributed by atoms with E-state index in [0.29, 0.717) is 0 Å². The van der Waals surface area contributed by atoms with Crippen LogP contribution < -0.4 is 10.1 Å². The monoisotopic (exact) mass is 291 g/mol. The molecule has 0 aromatic heterocycles. The van der Waals surface area contributed by atoms with Gasteiger partial charge in [0, 0.05) is 6.54 Å². The second-order valence-corrected chi connectivity index (χ2v) is 7.55. The molecule has 21 heavy (non-hydrogen) atoms. The quantitative estimate of drug-likeness (QED) is 0.735. The number of hydrogen-bond donors (Lipinski definition) is 1. The van der Waals surface area contributed by atoms with Crippen molar-refractivity contribution in [3.05, 3.63) is 29.3 Å². The van der Waals surface area contributed by atoms with Crippen LogP contribution in [0.2, 0.25) is 0 Å². The van der Waals surface area contributed by atoms with E-state index in [1.165, 1.54) is 17.5 Å². The van der Waals surface area contributed by atoms with E-state index in [0.717, 1.165) is 24.8 Å². The number of ether oxygens (including phenoxy) is 1. The second-order valence-electron chi connectivity index (χ2n) is 7.55. The van der Waals surface area contributed by atoms with Gasteiger partial charge in [0.1, 0.15) is 11.9 Å². The van der Waals surface area contributed by atoms with Crippen molar-refractivity contribution in [2.24, 2.45) is 5.92 Å². The van der Waals surface area contributed by atoms with Crippen LogP contribution in [-0.4, -0.2) is 19.2 Å². The van der Waals surface area contributed by atoms with Crippen molar-refractivity contribution < 1.29 is 4.74 Å². The van der Waals surface area contributed by atoms with Crippen LogP contribution in [0.25, 0.3) is 0 Å². The van der Waals surface area contributed by atoms with Crippen LogP contribution in [-0.2, 0) is 5.41 Å². The molecule has 0 saturated carbocycles. The van der Waals surface area contributed by atoms with Crippen molar-refractivity contribution in [3.8, 4) is 5.75 Å². The van der Waals surface area contributed by atoms with Gasteiger partial charge >= 0.3 is 0 Å². The largest absolute Gasteiger partial charge is 0.489 e. The Morgan fingerprint density at radius 2 is 1.81 bits per heavy atom. The number of aryl methyl sites for hydroxylation is 1. The third-order valence-corrected chi connectivity index (χ3v) is 3.70. The minimum absolute atomic E-state index is 0.188.